The number of ketones is 2. The summed E-state index contributed by atoms with van der Waals surface area (Å²) in [5.74, 6) is -0.114. The molecule has 0 aromatic heterocycles. The van der Waals surface area contributed by atoms with E-state index in [0.717, 1.165) is 53.8 Å². The Morgan fingerprint density at radius 3 is 1.85 bits per heavy atom. The van der Waals surface area contributed by atoms with Gasteiger partial charge in [0.25, 0.3) is 0 Å². The van der Waals surface area contributed by atoms with E-state index in [1.807, 2.05) is 52.0 Å². The molecule has 3 nitrogen and oxygen atoms in total. The van der Waals surface area contributed by atoms with E-state index < -0.39 is 10.8 Å². The van der Waals surface area contributed by atoms with Gasteiger partial charge in [0.15, 0.2) is 11.6 Å². The van der Waals surface area contributed by atoms with Crippen LogP contribution in [0.25, 0.3) is 0 Å². The lowest BCUT2D eigenvalue weighted by atomic mass is 9.62. The molecule has 3 aliphatic rings. The predicted octanol–water partition coefficient (Wildman–Crippen LogP) is 5.31. The summed E-state index contributed by atoms with van der Waals surface area (Å²) in [4.78, 5) is 26.9. The standard InChI is InChI=1S/C23H26ClNO2/c1-22(2)11-9-15-18(20(22)26)17(13-7-5-6-8-14(13)24)19-16(25-15)10-12-23(3,4)21(19)27/h5-8,17,25H,9-12H2,1-4H3. The fourth-order valence-corrected chi connectivity index (χ4v) is 4.84. The molecule has 4 heteroatoms. The summed E-state index contributed by atoms with van der Waals surface area (Å²) in [5.41, 5.74) is 3.45. The molecule has 0 bridgehead atoms. The van der Waals surface area contributed by atoms with Crippen molar-refractivity contribution in [3.8, 4) is 0 Å². The van der Waals surface area contributed by atoms with Crippen molar-refractivity contribution in [1.29, 1.82) is 0 Å². The second-order valence-corrected chi connectivity index (χ2v) is 9.70. The summed E-state index contributed by atoms with van der Waals surface area (Å²) in [5, 5.41) is 4.09. The average molecular weight is 384 g/mol. The first-order chi connectivity index (χ1) is 12.6. The van der Waals surface area contributed by atoms with Gasteiger partial charge in [-0.3, -0.25) is 9.59 Å². The van der Waals surface area contributed by atoms with Crippen LogP contribution in [0.15, 0.2) is 46.8 Å². The molecule has 0 saturated heterocycles. The third-order valence-corrected chi connectivity index (χ3v) is 6.81. The van der Waals surface area contributed by atoms with Crippen LogP contribution >= 0.6 is 11.6 Å². The number of halogens is 1. The van der Waals surface area contributed by atoms with E-state index in [2.05, 4.69) is 5.32 Å². The van der Waals surface area contributed by atoms with Crippen LogP contribution in [0.4, 0.5) is 0 Å². The summed E-state index contributed by atoms with van der Waals surface area (Å²) in [6, 6.07) is 7.62. The van der Waals surface area contributed by atoms with Crippen LogP contribution < -0.4 is 5.32 Å². The Balaban J connectivity index is 1.96. The molecule has 142 valence electrons. The van der Waals surface area contributed by atoms with Crippen molar-refractivity contribution >= 4 is 23.2 Å². The van der Waals surface area contributed by atoms with Gasteiger partial charge in [-0.05, 0) is 37.3 Å². The zero-order valence-electron chi connectivity index (χ0n) is 16.4. The van der Waals surface area contributed by atoms with Gasteiger partial charge in [0.2, 0.25) is 0 Å². The lowest BCUT2D eigenvalue weighted by Gasteiger charge is -2.44. The van der Waals surface area contributed by atoms with Crippen molar-refractivity contribution in [2.24, 2.45) is 10.8 Å². The Bertz CT molecular complexity index is 868. The molecule has 1 aliphatic heterocycles. The van der Waals surface area contributed by atoms with Crippen molar-refractivity contribution in [2.45, 2.75) is 59.3 Å². The van der Waals surface area contributed by atoms with Crippen LogP contribution in [0.5, 0.6) is 0 Å². The Hall–Kier alpha value is -1.87. The zero-order chi connectivity index (χ0) is 19.6. The molecule has 0 spiro atoms. The SMILES string of the molecule is CC1(C)CCC2=C(C1=O)C(c1ccccc1Cl)C1=C(CCC(C)(C)C1=O)N2. The van der Waals surface area contributed by atoms with Crippen molar-refractivity contribution < 1.29 is 9.59 Å². The topological polar surface area (TPSA) is 46.2 Å². The lowest BCUT2D eigenvalue weighted by molar-refractivity contribution is -0.125. The normalized spacial score (nSPS) is 24.5. The zero-order valence-corrected chi connectivity index (χ0v) is 17.2. The maximum Gasteiger partial charge on any atom is 0.167 e. The molecule has 0 saturated carbocycles. The van der Waals surface area contributed by atoms with Crippen molar-refractivity contribution in [3.05, 3.63) is 57.4 Å². The Kier molecular flexibility index (Phi) is 4.15. The van der Waals surface area contributed by atoms with Gasteiger partial charge in [-0.15, -0.1) is 0 Å². The van der Waals surface area contributed by atoms with Crippen molar-refractivity contribution in [2.75, 3.05) is 0 Å². The number of carbonyl (C=O) groups excluding carboxylic acids is 2. The molecule has 1 N–H and O–H groups in total. The highest BCUT2D eigenvalue weighted by Gasteiger charge is 2.49. The van der Waals surface area contributed by atoms with E-state index in [1.165, 1.54) is 0 Å². The first-order valence-corrected chi connectivity index (χ1v) is 10.1. The summed E-state index contributed by atoms with van der Waals surface area (Å²) in [7, 11) is 0. The minimum atomic E-state index is -0.425. The fraction of sp³-hybridized carbons (Fsp3) is 0.478. The molecule has 0 unspecified atom stereocenters. The van der Waals surface area contributed by atoms with E-state index in [-0.39, 0.29) is 17.5 Å². The average Bonchev–Trinajstić information content (AvgIpc) is 2.61. The minimum absolute atomic E-state index is 0.129. The first-order valence-electron chi connectivity index (χ1n) is 9.70. The highest BCUT2D eigenvalue weighted by atomic mass is 35.5. The van der Waals surface area contributed by atoms with Crippen LogP contribution in [0.3, 0.4) is 0 Å². The molecule has 0 amide bonds. The molecule has 1 aromatic rings. The van der Waals surface area contributed by atoms with Crippen LogP contribution in [-0.2, 0) is 9.59 Å². The number of Topliss-reactive ketones (excluding diaryl/α,β-unsaturated/α-hetero) is 2. The summed E-state index contributed by atoms with van der Waals surface area (Å²) >= 11 is 6.57. The van der Waals surface area contributed by atoms with E-state index in [1.54, 1.807) is 0 Å². The third-order valence-electron chi connectivity index (χ3n) is 6.46. The van der Waals surface area contributed by atoms with Gasteiger partial charge in [0.1, 0.15) is 0 Å². The molecule has 1 heterocycles. The highest BCUT2D eigenvalue weighted by Crippen LogP contribution is 2.52. The molecule has 1 aromatic carbocycles. The Morgan fingerprint density at radius 2 is 1.37 bits per heavy atom. The molecular weight excluding hydrogens is 358 g/mol. The second kappa shape index (κ2) is 6.07. The van der Waals surface area contributed by atoms with Crippen LogP contribution in [0, 0.1) is 10.8 Å². The highest BCUT2D eigenvalue weighted by molar-refractivity contribution is 6.31. The number of hydrogen-bond donors (Lipinski definition) is 1. The largest absolute Gasteiger partial charge is 0.362 e. The Labute approximate surface area is 165 Å². The Morgan fingerprint density at radius 1 is 0.889 bits per heavy atom. The molecule has 0 fully saturated rings. The maximum absolute atomic E-state index is 13.4. The maximum atomic E-state index is 13.4. The van der Waals surface area contributed by atoms with Crippen LogP contribution in [-0.4, -0.2) is 11.6 Å². The number of carbonyl (C=O) groups is 2. The van der Waals surface area contributed by atoms with E-state index in [0.29, 0.717) is 5.02 Å². The van der Waals surface area contributed by atoms with Crippen molar-refractivity contribution in [1.82, 2.24) is 5.32 Å². The van der Waals surface area contributed by atoms with Gasteiger partial charge in [0, 0.05) is 44.3 Å². The predicted molar refractivity (Wildman–Crippen MR) is 107 cm³/mol. The molecular formula is C23H26ClNO2. The molecule has 0 radical (unpaired) electrons. The second-order valence-electron chi connectivity index (χ2n) is 9.29. The van der Waals surface area contributed by atoms with Crippen LogP contribution in [0.1, 0.15) is 64.9 Å². The number of hydrogen-bond acceptors (Lipinski definition) is 3. The minimum Gasteiger partial charge on any atom is -0.362 e. The van der Waals surface area contributed by atoms with E-state index in [9.17, 15) is 9.59 Å². The molecule has 2 aliphatic carbocycles. The van der Waals surface area contributed by atoms with E-state index in [4.69, 9.17) is 11.6 Å². The van der Waals surface area contributed by atoms with Gasteiger partial charge in [-0.2, -0.15) is 0 Å². The molecule has 0 atom stereocenters. The number of nitrogens with one attached hydrogen (secondary N) is 1. The number of benzene rings is 1. The van der Waals surface area contributed by atoms with Gasteiger partial charge >= 0.3 is 0 Å². The van der Waals surface area contributed by atoms with Crippen LogP contribution in [0.2, 0.25) is 5.02 Å². The molecule has 27 heavy (non-hydrogen) atoms. The van der Waals surface area contributed by atoms with Crippen molar-refractivity contribution in [3.63, 3.8) is 0 Å². The molecule has 4 rings (SSSR count). The summed E-state index contributed by atoms with van der Waals surface area (Å²) in [6.07, 6.45) is 3.27. The van der Waals surface area contributed by atoms with Gasteiger partial charge in [0.05, 0.1) is 0 Å². The number of rotatable bonds is 1. The first kappa shape index (κ1) is 18.5. The van der Waals surface area contributed by atoms with Gasteiger partial charge in [-0.1, -0.05) is 57.5 Å². The third kappa shape index (κ3) is 2.79. The fourth-order valence-electron chi connectivity index (χ4n) is 4.59. The van der Waals surface area contributed by atoms with Gasteiger partial charge < -0.3 is 5.32 Å². The smallest absolute Gasteiger partial charge is 0.167 e. The summed E-state index contributed by atoms with van der Waals surface area (Å²) < 4.78 is 0. The van der Waals surface area contributed by atoms with E-state index >= 15 is 0 Å². The number of allylic oxidation sites excluding steroid dienone is 4. The number of dihydropyridines is 1. The van der Waals surface area contributed by atoms with Gasteiger partial charge in [-0.25, -0.2) is 0 Å². The lowest BCUT2D eigenvalue weighted by Crippen LogP contribution is -2.44. The quantitative estimate of drug-likeness (QED) is 0.714. The monoisotopic (exact) mass is 383 g/mol. The summed E-state index contributed by atoms with van der Waals surface area (Å²) in [6.45, 7) is 8.00.